The fourth-order valence-electron chi connectivity index (χ4n) is 3.79. The lowest BCUT2D eigenvalue weighted by Crippen LogP contribution is -2.71. The summed E-state index contributed by atoms with van der Waals surface area (Å²) in [4.78, 5) is 29.5. The molecule has 402 valence electrons. The standard InChI is InChI=1S/C22H11F34O10P/c1-6(5(57)61-2-3-62-67(58,59)60,10(28,16(40,41)42)64-22(55,56)12(30,18(46,47)48)66-20(51,52)9(26,27)15(37,38)39)4-7(23,13(31,32)33)63-21(53,54)11(29,17(43,44)45)65-19(49,50)8(24,25)14(34,35)36/h2-4H2,1H3,(H2,58,59,60). The van der Waals surface area contributed by atoms with Crippen LogP contribution >= 0.6 is 7.82 Å². The van der Waals surface area contributed by atoms with Crippen LogP contribution in [0.4, 0.5) is 149 Å². The Labute approximate surface area is 340 Å². The molecule has 0 aromatic carbocycles. The van der Waals surface area contributed by atoms with Gasteiger partial charge in [0, 0.05) is 6.42 Å². The molecular formula is C22H11F34O10P. The van der Waals surface area contributed by atoms with Gasteiger partial charge in [-0.2, -0.15) is 140 Å². The average molecular weight is 1110 g/mol. The number of carbonyl (C=O) groups is 1. The molecule has 5 unspecified atom stereocenters. The molecule has 0 aliphatic heterocycles. The van der Waals surface area contributed by atoms with Crippen LogP contribution < -0.4 is 0 Å². The van der Waals surface area contributed by atoms with E-state index < -0.39 is 143 Å². The highest BCUT2D eigenvalue weighted by atomic mass is 31.2. The topological polar surface area (TPSA) is 130 Å². The highest BCUT2D eigenvalue weighted by Crippen LogP contribution is 2.63. The molecule has 0 heterocycles. The van der Waals surface area contributed by atoms with Gasteiger partial charge in [-0.15, -0.1) is 0 Å². The molecule has 45 heteroatoms. The van der Waals surface area contributed by atoms with E-state index in [-0.39, 0.29) is 0 Å². The van der Waals surface area contributed by atoms with Crippen molar-refractivity contribution < 1.29 is 197 Å². The molecule has 0 bridgehead atoms. The molecule has 0 saturated heterocycles. The van der Waals surface area contributed by atoms with E-state index in [0.717, 1.165) is 9.47 Å². The lowest BCUT2D eigenvalue weighted by molar-refractivity contribution is -0.562. The third kappa shape index (κ3) is 12.0. The Hall–Kier alpha value is -2.96. The van der Waals surface area contributed by atoms with Crippen molar-refractivity contribution >= 4 is 13.8 Å². The van der Waals surface area contributed by atoms with E-state index in [2.05, 4.69) is 9.26 Å². The lowest BCUT2D eigenvalue weighted by atomic mass is 9.75. The summed E-state index contributed by atoms with van der Waals surface area (Å²) in [5.74, 6) is -56.7. The highest BCUT2D eigenvalue weighted by Gasteiger charge is 2.89. The van der Waals surface area contributed by atoms with Gasteiger partial charge in [-0.25, -0.2) is 13.3 Å². The van der Waals surface area contributed by atoms with Crippen LogP contribution in [0.2, 0.25) is 0 Å². The van der Waals surface area contributed by atoms with Crippen LogP contribution in [-0.4, -0.2) is 126 Å². The van der Waals surface area contributed by atoms with Crippen LogP contribution in [0, 0.1) is 5.41 Å². The zero-order chi connectivity index (χ0) is 54.9. The maximum atomic E-state index is 16.1. The second-order valence-electron chi connectivity index (χ2n) is 12.1. The van der Waals surface area contributed by atoms with Crippen molar-refractivity contribution in [2.75, 3.05) is 13.2 Å². The summed E-state index contributed by atoms with van der Waals surface area (Å²) >= 11 is 0. The van der Waals surface area contributed by atoms with Crippen molar-refractivity contribution in [3.8, 4) is 0 Å². The smallest absolute Gasteiger partial charge is 0.463 e. The largest absolute Gasteiger partial charge is 0.469 e. The van der Waals surface area contributed by atoms with Gasteiger partial charge in [0.2, 0.25) is 0 Å². The molecule has 5 atom stereocenters. The van der Waals surface area contributed by atoms with Gasteiger partial charge in [-0.05, 0) is 6.92 Å². The summed E-state index contributed by atoms with van der Waals surface area (Å²) in [7, 11) is -6.10. The maximum Gasteiger partial charge on any atom is 0.469 e. The van der Waals surface area contributed by atoms with Crippen molar-refractivity contribution in [3.05, 3.63) is 0 Å². The zero-order valence-electron chi connectivity index (χ0n) is 29.6. The van der Waals surface area contributed by atoms with E-state index >= 15 is 8.78 Å². The monoisotopic (exact) mass is 1110 g/mol. The van der Waals surface area contributed by atoms with Crippen LogP contribution in [0.15, 0.2) is 0 Å². The van der Waals surface area contributed by atoms with Gasteiger partial charge in [-0.1, -0.05) is 0 Å². The number of carbonyl (C=O) groups excluding carboxylic acids is 1. The van der Waals surface area contributed by atoms with Crippen LogP contribution in [0.3, 0.4) is 0 Å². The van der Waals surface area contributed by atoms with Gasteiger partial charge in [0.1, 0.15) is 12.0 Å². The number of halogens is 34. The third-order valence-electron chi connectivity index (χ3n) is 7.12. The summed E-state index contributed by atoms with van der Waals surface area (Å²) in [6.45, 7) is -6.99. The molecular weight excluding hydrogens is 1100 g/mol. The fraction of sp³-hybridized carbons (Fsp3) is 0.955. The number of hydrogen-bond acceptors (Lipinski definition) is 8. The van der Waals surface area contributed by atoms with Gasteiger partial charge in [-0.3, -0.25) is 28.3 Å². The van der Waals surface area contributed by atoms with Crippen LogP contribution in [-0.2, 0) is 37.6 Å². The number of alkyl halides is 34. The number of hydrogen-bond donors (Lipinski definition) is 2. The third-order valence-corrected chi connectivity index (χ3v) is 7.64. The zero-order valence-corrected chi connectivity index (χ0v) is 30.5. The Balaban J connectivity index is 8.65. The summed E-state index contributed by atoms with van der Waals surface area (Å²) in [6.07, 6.45) is -92.2. The van der Waals surface area contributed by atoms with Gasteiger partial charge in [0.15, 0.2) is 0 Å². The first-order valence-electron chi connectivity index (χ1n) is 14.5. The molecule has 0 aliphatic rings. The van der Waals surface area contributed by atoms with E-state index in [9.17, 15) is 150 Å². The van der Waals surface area contributed by atoms with Crippen LogP contribution in [0.25, 0.3) is 0 Å². The number of phosphoric acid groups is 1. The molecule has 0 aromatic heterocycles. The summed E-state index contributed by atoms with van der Waals surface area (Å²) in [6, 6.07) is 0. The van der Waals surface area contributed by atoms with Crippen LogP contribution in [0.5, 0.6) is 0 Å². The molecule has 0 radical (unpaired) electrons. The fourth-order valence-corrected chi connectivity index (χ4v) is 4.10. The molecule has 0 aromatic rings. The highest BCUT2D eigenvalue weighted by molar-refractivity contribution is 7.46. The van der Waals surface area contributed by atoms with E-state index in [0.29, 0.717) is 0 Å². The Morgan fingerprint density at radius 3 is 0.940 bits per heavy atom. The van der Waals surface area contributed by atoms with Crippen LogP contribution in [0.1, 0.15) is 13.3 Å². The first-order chi connectivity index (χ1) is 28.4. The molecule has 2 N–H and O–H groups in total. The number of esters is 1. The van der Waals surface area contributed by atoms with E-state index in [1.807, 2.05) is 0 Å². The van der Waals surface area contributed by atoms with Gasteiger partial charge < -0.3 is 14.5 Å². The minimum Gasteiger partial charge on any atom is -0.463 e. The average Bonchev–Trinajstić information content (AvgIpc) is 3.01. The van der Waals surface area contributed by atoms with Crippen molar-refractivity contribution in [2.24, 2.45) is 5.41 Å². The molecule has 0 rings (SSSR count). The molecule has 0 aliphatic carbocycles. The van der Waals surface area contributed by atoms with E-state index in [1.165, 1.54) is 9.47 Å². The predicted octanol–water partition coefficient (Wildman–Crippen LogP) is 10.8. The second-order valence-corrected chi connectivity index (χ2v) is 13.3. The van der Waals surface area contributed by atoms with Gasteiger partial charge in [0.25, 0.3) is 0 Å². The van der Waals surface area contributed by atoms with Crippen molar-refractivity contribution in [3.63, 3.8) is 0 Å². The minimum absolute atomic E-state index is 1.02. The first kappa shape index (κ1) is 64.0. The number of ether oxygens (including phenoxy) is 5. The Bertz CT molecular complexity index is 1780. The summed E-state index contributed by atoms with van der Waals surface area (Å²) < 4.78 is 489. The first-order valence-corrected chi connectivity index (χ1v) is 16.0. The molecule has 0 fully saturated rings. The van der Waals surface area contributed by atoms with E-state index in [1.54, 1.807) is 0 Å². The van der Waals surface area contributed by atoms with Gasteiger partial charge in [0.05, 0.1) is 6.61 Å². The maximum absolute atomic E-state index is 16.1. The minimum atomic E-state index is -9.15. The Morgan fingerprint density at radius 1 is 0.403 bits per heavy atom. The predicted molar refractivity (Wildman–Crippen MR) is 127 cm³/mol. The molecule has 10 nitrogen and oxygen atoms in total. The summed E-state index contributed by atoms with van der Waals surface area (Å²) in [5, 5.41) is 0. The number of rotatable bonds is 20. The van der Waals surface area contributed by atoms with Gasteiger partial charge >= 0.3 is 111 Å². The Morgan fingerprint density at radius 2 is 0.687 bits per heavy atom. The van der Waals surface area contributed by atoms with Crippen molar-refractivity contribution in [1.82, 2.24) is 0 Å². The molecule has 67 heavy (non-hydrogen) atoms. The van der Waals surface area contributed by atoms with Crippen molar-refractivity contribution in [2.45, 2.75) is 110 Å². The normalized spacial score (nSPS) is 20.0. The lowest BCUT2D eigenvalue weighted by Gasteiger charge is -2.47. The molecule has 0 saturated carbocycles. The second kappa shape index (κ2) is 17.7. The molecule has 0 amide bonds. The Kier molecular flexibility index (Phi) is 16.9. The van der Waals surface area contributed by atoms with Crippen molar-refractivity contribution in [1.29, 1.82) is 0 Å². The molecule has 0 spiro atoms. The number of phosphoric ester groups is 1. The quantitative estimate of drug-likeness (QED) is 0.0526. The van der Waals surface area contributed by atoms with E-state index in [4.69, 9.17) is 9.79 Å². The summed E-state index contributed by atoms with van der Waals surface area (Å²) in [5.41, 5.74) is -7.08. The SMILES string of the molecule is CC(CC(F)(OC(F)(F)C(F)(OC(F)(F)C(F)(F)C(F)(F)F)C(F)(F)F)C(F)(F)F)(C(=O)OCCOP(=O)(O)O)C(F)(OC(F)(F)C(F)(OC(F)(F)C(F)(F)C(F)(F)F)C(F)(F)F)C(F)(F)F.